The van der Waals surface area contributed by atoms with Crippen molar-refractivity contribution in [3.05, 3.63) is 0 Å². The van der Waals surface area contributed by atoms with Crippen LogP contribution in [0.5, 0.6) is 0 Å². The summed E-state index contributed by atoms with van der Waals surface area (Å²) in [5.74, 6) is -1.81. The van der Waals surface area contributed by atoms with Crippen molar-refractivity contribution in [2.24, 2.45) is 11.8 Å². The Bertz CT molecular complexity index is 360. The Labute approximate surface area is 99.0 Å². The van der Waals surface area contributed by atoms with Gasteiger partial charge in [0, 0.05) is 6.04 Å². The van der Waals surface area contributed by atoms with Crippen LogP contribution in [0.1, 0.15) is 20.3 Å². The van der Waals surface area contributed by atoms with E-state index in [1.807, 2.05) is 13.8 Å². The van der Waals surface area contributed by atoms with Crippen molar-refractivity contribution < 1.29 is 19.5 Å². The van der Waals surface area contributed by atoms with Crippen molar-refractivity contribution in [2.75, 3.05) is 6.54 Å². The second-order valence-electron chi connectivity index (χ2n) is 4.95. The number of hydrogen-bond acceptors (Lipinski definition) is 4. The van der Waals surface area contributed by atoms with Crippen LogP contribution < -0.4 is 5.32 Å². The summed E-state index contributed by atoms with van der Waals surface area (Å²) in [7, 11) is 0. The van der Waals surface area contributed by atoms with Gasteiger partial charge in [-0.05, 0) is 6.42 Å². The fourth-order valence-electron chi connectivity index (χ4n) is 2.22. The maximum absolute atomic E-state index is 11.7. The van der Waals surface area contributed by atoms with Gasteiger partial charge in [0.15, 0.2) is 0 Å². The third-order valence-electron chi connectivity index (χ3n) is 3.15. The molecular weight excluding hydrogens is 224 g/mol. The summed E-state index contributed by atoms with van der Waals surface area (Å²) in [6.07, 6.45) is 0.642. The molecular formula is C11H16N2O4. The fraction of sp³-hybridized carbons (Fsp3) is 0.727. The Morgan fingerprint density at radius 1 is 1.41 bits per heavy atom. The van der Waals surface area contributed by atoms with Gasteiger partial charge in [-0.15, -0.1) is 0 Å². The predicted molar refractivity (Wildman–Crippen MR) is 58.0 cm³/mol. The van der Waals surface area contributed by atoms with E-state index in [4.69, 9.17) is 5.11 Å². The number of carboxylic acid groups (broad SMARTS) is 1. The number of rotatable bonds is 5. The molecule has 0 spiro atoms. The average molecular weight is 240 g/mol. The van der Waals surface area contributed by atoms with E-state index in [1.54, 1.807) is 0 Å². The lowest BCUT2D eigenvalue weighted by Gasteiger charge is -2.23. The first-order chi connectivity index (χ1) is 7.91. The van der Waals surface area contributed by atoms with Gasteiger partial charge >= 0.3 is 5.97 Å². The molecule has 1 saturated carbocycles. The molecule has 6 nitrogen and oxygen atoms in total. The second-order valence-corrected chi connectivity index (χ2v) is 4.95. The lowest BCUT2D eigenvalue weighted by molar-refractivity contribution is -0.145. The number of carbonyl (C=O) groups is 3. The summed E-state index contributed by atoms with van der Waals surface area (Å²) in [5.41, 5.74) is 0. The fourth-order valence-corrected chi connectivity index (χ4v) is 2.22. The van der Waals surface area contributed by atoms with Gasteiger partial charge in [-0.2, -0.15) is 0 Å². The van der Waals surface area contributed by atoms with E-state index >= 15 is 0 Å². The van der Waals surface area contributed by atoms with Crippen LogP contribution in [0.3, 0.4) is 0 Å². The Morgan fingerprint density at radius 2 is 1.94 bits per heavy atom. The Hall–Kier alpha value is -1.43. The van der Waals surface area contributed by atoms with Crippen LogP contribution >= 0.6 is 0 Å². The Morgan fingerprint density at radius 3 is 2.35 bits per heavy atom. The maximum Gasteiger partial charge on any atom is 0.322 e. The molecule has 94 valence electrons. The molecule has 2 fully saturated rings. The minimum Gasteiger partial charge on any atom is -0.480 e. The maximum atomic E-state index is 11.7. The first-order valence-corrected chi connectivity index (χ1v) is 5.76. The number of nitrogens with one attached hydrogen (secondary N) is 1. The van der Waals surface area contributed by atoms with Crippen LogP contribution in [-0.2, 0) is 14.4 Å². The van der Waals surface area contributed by atoms with Crippen LogP contribution in [0, 0.1) is 11.8 Å². The summed E-state index contributed by atoms with van der Waals surface area (Å²) in [6.45, 7) is 3.57. The van der Waals surface area contributed by atoms with Crippen molar-refractivity contribution in [2.45, 2.75) is 32.4 Å². The molecule has 1 aliphatic carbocycles. The average Bonchev–Trinajstić information content (AvgIpc) is 2.96. The van der Waals surface area contributed by atoms with Gasteiger partial charge in [-0.25, -0.2) is 0 Å². The van der Waals surface area contributed by atoms with Crippen LogP contribution in [0.25, 0.3) is 0 Å². The van der Waals surface area contributed by atoms with E-state index < -0.39 is 12.0 Å². The zero-order valence-corrected chi connectivity index (χ0v) is 9.84. The molecule has 0 aromatic carbocycles. The molecule has 1 heterocycles. The van der Waals surface area contributed by atoms with Gasteiger partial charge < -0.3 is 10.4 Å². The zero-order chi connectivity index (χ0) is 12.7. The number of likely N-dealkylation sites (tertiary alicyclic amines) is 1. The van der Waals surface area contributed by atoms with Crippen molar-refractivity contribution in [3.63, 3.8) is 0 Å². The summed E-state index contributed by atoms with van der Waals surface area (Å²) in [4.78, 5) is 35.5. The summed E-state index contributed by atoms with van der Waals surface area (Å²) >= 11 is 0. The molecule has 1 aliphatic heterocycles. The van der Waals surface area contributed by atoms with E-state index in [2.05, 4.69) is 5.32 Å². The molecule has 2 amide bonds. The number of aliphatic carboxylic acids is 1. The van der Waals surface area contributed by atoms with Crippen LogP contribution in [-0.4, -0.2) is 46.4 Å². The Balaban J connectivity index is 2.01. The lowest BCUT2D eigenvalue weighted by atomic mass is 10.2. The number of imide groups is 1. The van der Waals surface area contributed by atoms with Crippen molar-refractivity contribution in [1.29, 1.82) is 0 Å². The summed E-state index contributed by atoms with van der Waals surface area (Å²) in [6, 6.07) is -0.904. The van der Waals surface area contributed by atoms with E-state index in [1.165, 1.54) is 0 Å². The zero-order valence-electron chi connectivity index (χ0n) is 9.84. The number of carboxylic acids is 1. The number of amides is 2. The van der Waals surface area contributed by atoms with E-state index in [-0.39, 0.29) is 36.2 Å². The number of fused-ring (bicyclic) bond motifs is 1. The van der Waals surface area contributed by atoms with Gasteiger partial charge in [0.05, 0.1) is 18.4 Å². The van der Waals surface area contributed by atoms with Crippen LogP contribution in [0.15, 0.2) is 0 Å². The van der Waals surface area contributed by atoms with Gasteiger partial charge in [-0.1, -0.05) is 13.8 Å². The summed E-state index contributed by atoms with van der Waals surface area (Å²) < 4.78 is 0. The minimum atomic E-state index is -1.04. The van der Waals surface area contributed by atoms with Crippen molar-refractivity contribution in [3.8, 4) is 0 Å². The summed E-state index contributed by atoms with van der Waals surface area (Å²) in [5, 5.41) is 11.9. The quantitative estimate of drug-likeness (QED) is 0.629. The van der Waals surface area contributed by atoms with E-state index in [0.717, 1.165) is 4.90 Å². The standard InChI is InChI=1S/C11H16N2O4/c1-5(2)12-8(11(16)17)4-13-9(14)6-3-7(6)10(13)15/h5-8,12H,3-4H2,1-2H3,(H,16,17). The monoisotopic (exact) mass is 240 g/mol. The molecule has 6 heteroatoms. The van der Waals surface area contributed by atoms with Gasteiger partial charge in [-0.3, -0.25) is 19.3 Å². The lowest BCUT2D eigenvalue weighted by Crippen LogP contribution is -2.50. The van der Waals surface area contributed by atoms with Gasteiger partial charge in [0.2, 0.25) is 11.8 Å². The highest BCUT2D eigenvalue weighted by Gasteiger charge is 2.59. The third kappa shape index (κ3) is 2.17. The highest BCUT2D eigenvalue weighted by Crippen LogP contribution is 2.46. The highest BCUT2D eigenvalue weighted by molar-refractivity contribution is 6.09. The first kappa shape index (κ1) is 12.0. The number of nitrogens with zero attached hydrogens (tertiary/aromatic N) is 1. The normalized spacial score (nSPS) is 28.5. The predicted octanol–water partition coefficient (Wildman–Crippen LogP) is -0.557. The largest absolute Gasteiger partial charge is 0.480 e. The SMILES string of the molecule is CC(C)NC(CN1C(=O)C2CC2C1=O)C(=O)O. The molecule has 0 aromatic rings. The molecule has 0 radical (unpaired) electrons. The van der Waals surface area contributed by atoms with Gasteiger partial charge in [0.1, 0.15) is 6.04 Å². The molecule has 3 unspecified atom stereocenters. The molecule has 3 atom stereocenters. The van der Waals surface area contributed by atoms with E-state index in [0.29, 0.717) is 6.42 Å². The minimum absolute atomic E-state index is 0.0153. The molecule has 2 N–H and O–H groups in total. The second kappa shape index (κ2) is 4.10. The number of hydrogen-bond donors (Lipinski definition) is 2. The molecule has 2 aliphatic rings. The molecule has 2 rings (SSSR count). The smallest absolute Gasteiger partial charge is 0.322 e. The highest BCUT2D eigenvalue weighted by atomic mass is 16.4. The van der Waals surface area contributed by atoms with Crippen LogP contribution in [0.4, 0.5) is 0 Å². The number of carbonyl (C=O) groups excluding carboxylic acids is 2. The molecule has 17 heavy (non-hydrogen) atoms. The third-order valence-corrected chi connectivity index (χ3v) is 3.15. The van der Waals surface area contributed by atoms with Crippen molar-refractivity contribution in [1.82, 2.24) is 10.2 Å². The van der Waals surface area contributed by atoms with Crippen LogP contribution in [0.2, 0.25) is 0 Å². The molecule has 0 aromatic heterocycles. The first-order valence-electron chi connectivity index (χ1n) is 5.76. The molecule has 0 bridgehead atoms. The van der Waals surface area contributed by atoms with Gasteiger partial charge in [0.25, 0.3) is 0 Å². The van der Waals surface area contributed by atoms with E-state index in [9.17, 15) is 14.4 Å². The van der Waals surface area contributed by atoms with Crippen molar-refractivity contribution >= 4 is 17.8 Å². The topological polar surface area (TPSA) is 86.7 Å². The molecule has 1 saturated heterocycles. The Kier molecular flexibility index (Phi) is 2.91. The number of piperidine rings is 1.